The summed E-state index contributed by atoms with van der Waals surface area (Å²) in [4.78, 5) is 11.9. The highest BCUT2D eigenvalue weighted by Crippen LogP contribution is 2.62. The van der Waals surface area contributed by atoms with Crippen molar-refractivity contribution in [1.29, 1.82) is 0 Å². The third-order valence-electron chi connectivity index (χ3n) is 4.75. The molecule has 0 bridgehead atoms. The predicted octanol–water partition coefficient (Wildman–Crippen LogP) is 2.78. The average molecular weight is 240 g/mol. The monoisotopic (exact) mass is 240 g/mol. The molecular weight excluding hydrogens is 216 g/mol. The molecule has 0 aromatic rings. The summed E-state index contributed by atoms with van der Waals surface area (Å²) in [5.41, 5.74) is -0.961. The van der Waals surface area contributed by atoms with Crippen molar-refractivity contribution in [3.8, 4) is 0 Å². The van der Waals surface area contributed by atoms with Gasteiger partial charge in [0.25, 0.3) is 0 Å². The Balaban J connectivity index is 2.25. The van der Waals surface area contributed by atoms with Gasteiger partial charge in [0.15, 0.2) is 5.60 Å². The fourth-order valence-corrected chi connectivity index (χ4v) is 3.75. The lowest BCUT2D eigenvalue weighted by molar-refractivity contribution is -0.146. The maximum absolute atomic E-state index is 11.9. The molecule has 1 aliphatic carbocycles. The zero-order valence-electron chi connectivity index (χ0n) is 11.6. The van der Waals surface area contributed by atoms with E-state index in [-0.39, 0.29) is 11.6 Å². The number of ether oxygens (including phenoxy) is 2. The zero-order chi connectivity index (χ0) is 12.8. The van der Waals surface area contributed by atoms with Crippen LogP contribution in [0.1, 0.15) is 47.0 Å². The van der Waals surface area contributed by atoms with Gasteiger partial charge in [-0.1, -0.05) is 27.2 Å². The van der Waals surface area contributed by atoms with Crippen molar-refractivity contribution < 1.29 is 14.3 Å². The molecule has 0 amide bonds. The van der Waals surface area contributed by atoms with Crippen LogP contribution in [0.15, 0.2) is 0 Å². The second kappa shape index (κ2) is 3.98. The predicted molar refractivity (Wildman–Crippen MR) is 65.6 cm³/mol. The molecule has 0 N–H and O–H groups in total. The summed E-state index contributed by atoms with van der Waals surface area (Å²) >= 11 is 0. The normalized spacial score (nSPS) is 45.1. The number of esters is 1. The molecule has 2 aliphatic rings. The molecule has 1 saturated carbocycles. The highest BCUT2D eigenvalue weighted by atomic mass is 16.7. The number of carbonyl (C=O) groups excluding carboxylic acids is 1. The average Bonchev–Trinajstić information content (AvgIpc) is 2.83. The first kappa shape index (κ1) is 12.9. The molecule has 0 aromatic carbocycles. The highest BCUT2D eigenvalue weighted by molar-refractivity contribution is 5.84. The van der Waals surface area contributed by atoms with Gasteiger partial charge in [-0.3, -0.25) is 0 Å². The Morgan fingerprint density at radius 2 is 2.06 bits per heavy atom. The quantitative estimate of drug-likeness (QED) is 0.550. The number of hydrogen-bond acceptors (Lipinski definition) is 3. The van der Waals surface area contributed by atoms with Gasteiger partial charge in [-0.15, -0.1) is 0 Å². The molecule has 3 nitrogen and oxygen atoms in total. The first-order valence-corrected chi connectivity index (χ1v) is 6.66. The van der Waals surface area contributed by atoms with Gasteiger partial charge in [-0.05, 0) is 37.5 Å². The van der Waals surface area contributed by atoms with E-state index in [9.17, 15) is 4.79 Å². The maximum atomic E-state index is 11.9. The molecule has 0 aromatic heterocycles. The molecule has 1 heterocycles. The molecule has 2 rings (SSSR count). The third kappa shape index (κ3) is 1.70. The van der Waals surface area contributed by atoms with Gasteiger partial charge in [-0.2, -0.15) is 0 Å². The number of rotatable bonds is 2. The van der Waals surface area contributed by atoms with Crippen LogP contribution in [0.2, 0.25) is 0 Å². The summed E-state index contributed by atoms with van der Waals surface area (Å²) in [6.45, 7) is 8.59. The summed E-state index contributed by atoms with van der Waals surface area (Å²) < 4.78 is 10.9. The van der Waals surface area contributed by atoms with Gasteiger partial charge in [0.1, 0.15) is 5.60 Å². The van der Waals surface area contributed by atoms with Gasteiger partial charge in [0.05, 0.1) is 7.11 Å². The topological polar surface area (TPSA) is 38.8 Å². The van der Waals surface area contributed by atoms with Gasteiger partial charge in [-0.25, -0.2) is 4.79 Å². The highest BCUT2D eigenvalue weighted by Gasteiger charge is 2.76. The number of methoxy groups -OCH3 is 1. The first-order chi connectivity index (χ1) is 7.87. The minimum Gasteiger partial charge on any atom is -0.467 e. The summed E-state index contributed by atoms with van der Waals surface area (Å²) in [7, 11) is 1.44. The van der Waals surface area contributed by atoms with Crippen LogP contribution in [0.5, 0.6) is 0 Å². The lowest BCUT2D eigenvalue weighted by Crippen LogP contribution is -2.43. The van der Waals surface area contributed by atoms with Crippen molar-refractivity contribution in [3.05, 3.63) is 0 Å². The Labute approximate surface area is 104 Å². The molecule has 98 valence electrons. The third-order valence-corrected chi connectivity index (χ3v) is 4.75. The van der Waals surface area contributed by atoms with Crippen molar-refractivity contribution in [2.75, 3.05) is 7.11 Å². The molecule has 1 saturated heterocycles. The molecule has 0 radical (unpaired) electrons. The Kier molecular flexibility index (Phi) is 3.01. The second-order valence-electron chi connectivity index (χ2n) is 6.25. The SMILES string of the molecule is COC(=O)C1(C)OC12CC(C)CCC2C(C)C. The first-order valence-electron chi connectivity index (χ1n) is 6.66. The minimum atomic E-state index is -0.703. The van der Waals surface area contributed by atoms with E-state index in [1.807, 2.05) is 6.92 Å². The van der Waals surface area contributed by atoms with Gasteiger partial charge < -0.3 is 9.47 Å². The van der Waals surface area contributed by atoms with Crippen LogP contribution >= 0.6 is 0 Å². The Morgan fingerprint density at radius 3 is 2.59 bits per heavy atom. The minimum absolute atomic E-state index is 0.211. The largest absolute Gasteiger partial charge is 0.467 e. The lowest BCUT2D eigenvalue weighted by atomic mass is 9.65. The lowest BCUT2D eigenvalue weighted by Gasteiger charge is -2.36. The van der Waals surface area contributed by atoms with E-state index in [1.54, 1.807) is 0 Å². The van der Waals surface area contributed by atoms with Crippen molar-refractivity contribution in [2.45, 2.75) is 58.2 Å². The second-order valence-corrected chi connectivity index (χ2v) is 6.25. The van der Waals surface area contributed by atoms with Crippen LogP contribution in [0.3, 0.4) is 0 Å². The van der Waals surface area contributed by atoms with Gasteiger partial charge in [0.2, 0.25) is 0 Å². The molecule has 17 heavy (non-hydrogen) atoms. The summed E-state index contributed by atoms with van der Waals surface area (Å²) in [5, 5.41) is 0. The molecule has 3 heteroatoms. The van der Waals surface area contributed by atoms with Crippen LogP contribution in [0.4, 0.5) is 0 Å². The summed E-state index contributed by atoms with van der Waals surface area (Å²) in [6, 6.07) is 0. The van der Waals surface area contributed by atoms with Gasteiger partial charge >= 0.3 is 5.97 Å². The van der Waals surface area contributed by atoms with Crippen molar-refractivity contribution in [2.24, 2.45) is 17.8 Å². The van der Waals surface area contributed by atoms with Crippen molar-refractivity contribution in [1.82, 2.24) is 0 Å². The molecule has 1 aliphatic heterocycles. The van der Waals surface area contributed by atoms with Crippen molar-refractivity contribution >= 4 is 5.97 Å². The maximum Gasteiger partial charge on any atom is 0.340 e. The summed E-state index contributed by atoms with van der Waals surface area (Å²) in [5.74, 6) is 1.45. The molecular formula is C14H24O3. The fourth-order valence-electron chi connectivity index (χ4n) is 3.75. The van der Waals surface area contributed by atoms with Crippen LogP contribution in [-0.4, -0.2) is 24.3 Å². The van der Waals surface area contributed by atoms with Crippen LogP contribution in [0.25, 0.3) is 0 Å². The molecule has 1 spiro atoms. The van der Waals surface area contributed by atoms with Crippen LogP contribution in [0, 0.1) is 17.8 Å². The number of hydrogen-bond donors (Lipinski definition) is 0. The number of epoxide rings is 1. The van der Waals surface area contributed by atoms with Gasteiger partial charge in [0, 0.05) is 0 Å². The van der Waals surface area contributed by atoms with E-state index >= 15 is 0 Å². The molecule has 4 unspecified atom stereocenters. The van der Waals surface area contributed by atoms with E-state index in [1.165, 1.54) is 13.5 Å². The molecule has 2 fully saturated rings. The zero-order valence-corrected chi connectivity index (χ0v) is 11.6. The Bertz CT molecular complexity index is 325. The van der Waals surface area contributed by atoms with E-state index < -0.39 is 5.60 Å². The number of carbonyl (C=O) groups is 1. The van der Waals surface area contributed by atoms with Crippen LogP contribution in [-0.2, 0) is 14.3 Å². The Morgan fingerprint density at radius 1 is 1.41 bits per heavy atom. The van der Waals surface area contributed by atoms with E-state index in [0.29, 0.717) is 17.8 Å². The fraction of sp³-hybridized carbons (Fsp3) is 0.929. The molecule has 4 atom stereocenters. The summed E-state index contributed by atoms with van der Waals surface area (Å²) in [6.07, 6.45) is 3.39. The smallest absolute Gasteiger partial charge is 0.340 e. The van der Waals surface area contributed by atoms with Crippen molar-refractivity contribution in [3.63, 3.8) is 0 Å². The van der Waals surface area contributed by atoms with Crippen LogP contribution < -0.4 is 0 Å². The van der Waals surface area contributed by atoms with E-state index in [4.69, 9.17) is 9.47 Å². The standard InChI is InChI=1S/C14H24O3/c1-9(2)11-7-6-10(3)8-14(11)13(4,17-14)12(15)16-5/h9-11H,6-8H2,1-5H3. The Hall–Kier alpha value is -0.570. The van der Waals surface area contributed by atoms with E-state index in [0.717, 1.165) is 12.8 Å². The van der Waals surface area contributed by atoms with E-state index in [2.05, 4.69) is 20.8 Å².